The SMILES string of the molecule is CC(N)C(=O)N[C@H]1CCCCNC1=O.Cl. The minimum atomic E-state index is -0.564. The molecule has 2 amide bonds. The first-order valence-corrected chi connectivity index (χ1v) is 4.95. The lowest BCUT2D eigenvalue weighted by Gasteiger charge is -2.16. The summed E-state index contributed by atoms with van der Waals surface area (Å²) in [5, 5.41) is 5.38. The Bertz CT molecular complexity index is 233. The van der Waals surface area contributed by atoms with Crippen molar-refractivity contribution in [2.24, 2.45) is 5.73 Å². The number of amides is 2. The van der Waals surface area contributed by atoms with Gasteiger partial charge in [0.15, 0.2) is 0 Å². The molecule has 2 atom stereocenters. The highest BCUT2D eigenvalue weighted by molar-refractivity contribution is 5.89. The van der Waals surface area contributed by atoms with Crippen molar-refractivity contribution < 1.29 is 9.59 Å². The molecule has 1 fully saturated rings. The van der Waals surface area contributed by atoms with Crippen molar-refractivity contribution in [1.29, 1.82) is 0 Å². The molecule has 6 heteroatoms. The molecule has 0 saturated carbocycles. The van der Waals surface area contributed by atoms with Crippen LogP contribution in [0.15, 0.2) is 0 Å². The molecule has 88 valence electrons. The molecule has 15 heavy (non-hydrogen) atoms. The van der Waals surface area contributed by atoms with Crippen molar-refractivity contribution in [3.05, 3.63) is 0 Å². The molecule has 0 spiro atoms. The number of nitrogens with two attached hydrogens (primary N) is 1. The fourth-order valence-electron chi connectivity index (χ4n) is 1.38. The van der Waals surface area contributed by atoms with Gasteiger partial charge in [-0.15, -0.1) is 12.4 Å². The van der Waals surface area contributed by atoms with Gasteiger partial charge in [-0.1, -0.05) is 0 Å². The first-order chi connectivity index (χ1) is 6.61. The Morgan fingerprint density at radius 2 is 2.27 bits per heavy atom. The van der Waals surface area contributed by atoms with E-state index in [1.165, 1.54) is 0 Å². The zero-order valence-corrected chi connectivity index (χ0v) is 9.60. The van der Waals surface area contributed by atoms with Gasteiger partial charge in [-0.05, 0) is 26.2 Å². The Kier molecular flexibility index (Phi) is 6.27. The maximum atomic E-state index is 11.4. The second kappa shape index (κ2) is 6.63. The molecule has 1 saturated heterocycles. The monoisotopic (exact) mass is 235 g/mol. The lowest BCUT2D eigenvalue weighted by Crippen LogP contribution is -2.50. The summed E-state index contributed by atoms with van der Waals surface area (Å²) < 4.78 is 0. The molecular weight excluding hydrogens is 218 g/mol. The van der Waals surface area contributed by atoms with E-state index in [1.807, 2.05) is 0 Å². The Morgan fingerprint density at radius 1 is 1.60 bits per heavy atom. The standard InChI is InChI=1S/C9H17N3O2.ClH/c1-6(10)8(13)12-7-4-2-3-5-11-9(7)14;/h6-7H,2-5,10H2,1H3,(H,11,14)(H,12,13);1H/t6?,7-;/m0./s1. The Hall–Kier alpha value is -0.810. The average Bonchev–Trinajstić information content (AvgIpc) is 2.32. The lowest BCUT2D eigenvalue weighted by atomic mass is 10.1. The summed E-state index contributed by atoms with van der Waals surface area (Å²) in [5.74, 6) is -0.372. The van der Waals surface area contributed by atoms with Gasteiger partial charge in [-0.3, -0.25) is 9.59 Å². The zero-order valence-electron chi connectivity index (χ0n) is 8.79. The smallest absolute Gasteiger partial charge is 0.242 e. The van der Waals surface area contributed by atoms with Crippen molar-refractivity contribution in [3.63, 3.8) is 0 Å². The summed E-state index contributed by atoms with van der Waals surface area (Å²) in [5.41, 5.74) is 5.39. The van der Waals surface area contributed by atoms with E-state index in [0.717, 1.165) is 12.8 Å². The minimum absolute atomic E-state index is 0. The fraction of sp³-hybridized carbons (Fsp3) is 0.778. The highest BCUT2D eigenvalue weighted by Crippen LogP contribution is 2.05. The molecule has 0 aliphatic carbocycles. The number of hydrogen-bond donors (Lipinski definition) is 3. The zero-order chi connectivity index (χ0) is 10.6. The van der Waals surface area contributed by atoms with Gasteiger partial charge < -0.3 is 16.4 Å². The van der Waals surface area contributed by atoms with Gasteiger partial charge in [-0.2, -0.15) is 0 Å². The summed E-state index contributed by atoms with van der Waals surface area (Å²) in [6.45, 7) is 2.30. The normalized spacial score (nSPS) is 23.1. The highest BCUT2D eigenvalue weighted by Gasteiger charge is 2.23. The van der Waals surface area contributed by atoms with E-state index in [9.17, 15) is 9.59 Å². The van der Waals surface area contributed by atoms with Crippen LogP contribution in [0.25, 0.3) is 0 Å². The van der Waals surface area contributed by atoms with E-state index in [4.69, 9.17) is 5.73 Å². The molecule has 1 rings (SSSR count). The van der Waals surface area contributed by atoms with Crippen molar-refractivity contribution in [2.75, 3.05) is 6.54 Å². The molecule has 5 nitrogen and oxygen atoms in total. The van der Waals surface area contributed by atoms with Gasteiger partial charge in [0.2, 0.25) is 11.8 Å². The van der Waals surface area contributed by atoms with Crippen LogP contribution in [-0.4, -0.2) is 30.4 Å². The summed E-state index contributed by atoms with van der Waals surface area (Å²) in [6, 6.07) is -0.970. The third-order valence-corrected chi connectivity index (χ3v) is 2.27. The minimum Gasteiger partial charge on any atom is -0.354 e. The second-order valence-electron chi connectivity index (χ2n) is 3.64. The van der Waals surface area contributed by atoms with Crippen LogP contribution in [0.4, 0.5) is 0 Å². The highest BCUT2D eigenvalue weighted by atomic mass is 35.5. The lowest BCUT2D eigenvalue weighted by molar-refractivity contribution is -0.129. The number of hydrogen-bond acceptors (Lipinski definition) is 3. The third-order valence-electron chi connectivity index (χ3n) is 2.27. The number of carbonyl (C=O) groups is 2. The van der Waals surface area contributed by atoms with Crippen LogP contribution in [0.2, 0.25) is 0 Å². The molecule has 1 unspecified atom stereocenters. The van der Waals surface area contributed by atoms with Crippen molar-refractivity contribution in [1.82, 2.24) is 10.6 Å². The first-order valence-electron chi connectivity index (χ1n) is 4.95. The largest absolute Gasteiger partial charge is 0.354 e. The van der Waals surface area contributed by atoms with Gasteiger partial charge in [-0.25, -0.2) is 0 Å². The van der Waals surface area contributed by atoms with Crippen molar-refractivity contribution in [3.8, 4) is 0 Å². The number of halogens is 1. The summed E-state index contributed by atoms with van der Waals surface area (Å²) >= 11 is 0. The summed E-state index contributed by atoms with van der Waals surface area (Å²) in [7, 11) is 0. The van der Waals surface area contributed by atoms with Gasteiger partial charge >= 0.3 is 0 Å². The van der Waals surface area contributed by atoms with E-state index in [-0.39, 0.29) is 24.2 Å². The first kappa shape index (κ1) is 14.2. The maximum Gasteiger partial charge on any atom is 0.242 e. The van der Waals surface area contributed by atoms with E-state index >= 15 is 0 Å². The van der Waals surface area contributed by atoms with Crippen LogP contribution in [0, 0.1) is 0 Å². The van der Waals surface area contributed by atoms with Gasteiger partial charge in [0.25, 0.3) is 0 Å². The Morgan fingerprint density at radius 3 is 2.87 bits per heavy atom. The number of nitrogens with one attached hydrogen (secondary N) is 2. The molecule has 0 aromatic rings. The van der Waals surface area contributed by atoms with Crippen LogP contribution in [0.3, 0.4) is 0 Å². The van der Waals surface area contributed by atoms with Gasteiger partial charge in [0, 0.05) is 6.54 Å². The third kappa shape index (κ3) is 4.48. The van der Waals surface area contributed by atoms with E-state index in [1.54, 1.807) is 6.92 Å². The van der Waals surface area contributed by atoms with Crippen LogP contribution in [0.5, 0.6) is 0 Å². The molecule has 0 radical (unpaired) electrons. The van der Waals surface area contributed by atoms with E-state index in [0.29, 0.717) is 13.0 Å². The Balaban J connectivity index is 0.00000196. The molecule has 0 aromatic heterocycles. The topological polar surface area (TPSA) is 84.2 Å². The van der Waals surface area contributed by atoms with E-state index in [2.05, 4.69) is 10.6 Å². The fourth-order valence-corrected chi connectivity index (χ4v) is 1.38. The molecule has 0 bridgehead atoms. The summed E-state index contributed by atoms with van der Waals surface area (Å²) in [4.78, 5) is 22.7. The van der Waals surface area contributed by atoms with Crippen molar-refractivity contribution in [2.45, 2.75) is 38.3 Å². The van der Waals surface area contributed by atoms with E-state index < -0.39 is 12.1 Å². The number of carbonyl (C=O) groups excluding carboxylic acids is 2. The maximum absolute atomic E-state index is 11.4. The predicted octanol–water partition coefficient (Wildman–Crippen LogP) is -0.460. The summed E-state index contributed by atoms with van der Waals surface area (Å²) in [6.07, 6.45) is 2.61. The molecular formula is C9H18ClN3O2. The van der Waals surface area contributed by atoms with Crippen molar-refractivity contribution >= 4 is 24.2 Å². The van der Waals surface area contributed by atoms with Crippen LogP contribution >= 0.6 is 12.4 Å². The average molecular weight is 236 g/mol. The quantitative estimate of drug-likeness (QED) is 0.606. The molecule has 4 N–H and O–H groups in total. The van der Waals surface area contributed by atoms with Crippen LogP contribution in [0.1, 0.15) is 26.2 Å². The van der Waals surface area contributed by atoms with Crippen LogP contribution in [-0.2, 0) is 9.59 Å². The van der Waals surface area contributed by atoms with Gasteiger partial charge in [0.1, 0.15) is 6.04 Å². The molecule has 1 aliphatic rings. The number of rotatable bonds is 2. The molecule has 1 heterocycles. The Labute approximate surface area is 95.6 Å². The van der Waals surface area contributed by atoms with Crippen LogP contribution < -0.4 is 16.4 Å². The second-order valence-corrected chi connectivity index (χ2v) is 3.64. The molecule has 0 aromatic carbocycles. The molecule has 1 aliphatic heterocycles. The predicted molar refractivity (Wildman–Crippen MR) is 59.7 cm³/mol. The van der Waals surface area contributed by atoms with Gasteiger partial charge in [0.05, 0.1) is 6.04 Å².